The number of carboxylic acid groups (broad SMARTS) is 1. The van der Waals surface area contributed by atoms with Crippen molar-refractivity contribution < 1.29 is 28.6 Å². The van der Waals surface area contributed by atoms with Crippen LogP contribution in [0.3, 0.4) is 0 Å². The summed E-state index contributed by atoms with van der Waals surface area (Å²) in [6.45, 7) is 2.05. The molecule has 0 fully saturated rings. The molecule has 0 aliphatic heterocycles. The Morgan fingerprint density at radius 2 is 1.85 bits per heavy atom. The molecule has 0 radical (unpaired) electrons. The van der Waals surface area contributed by atoms with Crippen molar-refractivity contribution in [1.82, 2.24) is 29.7 Å². The van der Waals surface area contributed by atoms with E-state index in [9.17, 15) is 24.3 Å². The number of methoxy groups -OCH3 is 1. The Morgan fingerprint density at radius 3 is 2.49 bits per heavy atom. The number of hydrogen-bond acceptors (Lipinski definition) is 10. The van der Waals surface area contributed by atoms with Gasteiger partial charge in [0.2, 0.25) is 0 Å². The van der Waals surface area contributed by atoms with E-state index >= 15 is 0 Å². The second-order valence-corrected chi connectivity index (χ2v) is 8.65. The second-order valence-electron chi connectivity index (χ2n) is 8.65. The number of rotatable bonds is 6. The maximum absolute atomic E-state index is 12.4. The van der Waals surface area contributed by atoms with Crippen LogP contribution in [0.25, 0.3) is 16.7 Å². The number of aryl methyl sites for hydroxylation is 1. The Bertz CT molecular complexity index is 1770. The Kier molecular flexibility index (Phi) is 9.31. The number of oxazole rings is 1. The van der Waals surface area contributed by atoms with Gasteiger partial charge in [-0.15, -0.1) is 5.10 Å². The average molecular weight is 564 g/mol. The maximum Gasteiger partial charge on any atom is 0.419 e. The van der Waals surface area contributed by atoms with Crippen molar-refractivity contribution in [2.45, 2.75) is 26.9 Å². The van der Waals surface area contributed by atoms with Crippen molar-refractivity contribution in [3.63, 3.8) is 0 Å². The SMILES string of the molecule is C.COC(=O)c1ccc([C@@H](C)N)cc1.Cn1c(=O)oc2ccc(CNC(=O)c3cc(C(=O)O)n4nncc4n3)cc21. The highest BCUT2D eigenvalue weighted by Gasteiger charge is 2.17. The zero-order valence-electron chi connectivity index (χ0n) is 21.7. The van der Waals surface area contributed by atoms with Crippen molar-refractivity contribution in [1.29, 1.82) is 0 Å². The van der Waals surface area contributed by atoms with Gasteiger partial charge >= 0.3 is 17.7 Å². The molecule has 0 bridgehead atoms. The molecule has 4 N–H and O–H groups in total. The van der Waals surface area contributed by atoms with Gasteiger partial charge in [-0.3, -0.25) is 9.36 Å². The fourth-order valence-corrected chi connectivity index (χ4v) is 3.69. The first-order valence-electron chi connectivity index (χ1n) is 11.8. The minimum Gasteiger partial charge on any atom is -0.477 e. The van der Waals surface area contributed by atoms with E-state index in [0.29, 0.717) is 16.7 Å². The summed E-state index contributed by atoms with van der Waals surface area (Å²) in [5.41, 5.74) is 8.85. The molecule has 214 valence electrons. The number of ether oxygens (including phenoxy) is 1. The Balaban J connectivity index is 0.000000280. The van der Waals surface area contributed by atoms with Gasteiger partial charge < -0.3 is 25.3 Å². The number of benzene rings is 2. The topological polar surface area (TPSA) is 197 Å². The van der Waals surface area contributed by atoms with Crippen LogP contribution in [0.5, 0.6) is 0 Å². The molecular formula is C27H29N7O7. The number of fused-ring (bicyclic) bond motifs is 2. The number of carbonyl (C=O) groups excluding carboxylic acids is 2. The molecule has 0 spiro atoms. The summed E-state index contributed by atoms with van der Waals surface area (Å²) in [6, 6.07) is 13.3. The number of aromatic nitrogens is 5. The number of carbonyl (C=O) groups is 3. The largest absolute Gasteiger partial charge is 0.477 e. The quantitative estimate of drug-likeness (QED) is 0.256. The van der Waals surface area contributed by atoms with Crippen LogP contribution in [0.15, 0.2) is 63.9 Å². The Hall–Kier alpha value is -5.37. The lowest BCUT2D eigenvalue weighted by molar-refractivity contribution is 0.0599. The molecule has 0 saturated carbocycles. The first-order valence-corrected chi connectivity index (χ1v) is 11.8. The fraction of sp³-hybridized carbons (Fsp3) is 0.222. The first-order chi connectivity index (χ1) is 19.1. The van der Waals surface area contributed by atoms with Crippen molar-refractivity contribution in [3.8, 4) is 0 Å². The minimum atomic E-state index is -1.26. The first kappa shape index (κ1) is 30.2. The fourth-order valence-electron chi connectivity index (χ4n) is 3.69. The lowest BCUT2D eigenvalue weighted by atomic mass is 10.1. The molecule has 2 aromatic carbocycles. The minimum absolute atomic E-state index is 0. The standard InChI is InChI=1S/C16H12N6O5.C10H13NO2.CH4/c1-21-10-4-8(2-3-12(10)27-16(21)26)6-17-14(23)9-5-11(15(24)25)22-13(19-9)7-18-20-22;1-7(11)8-3-5-9(6-4-8)10(12)13-2;/h2-5,7H,6H2,1H3,(H,17,23)(H,24,25);3-7H,11H2,1-2H3;1H4/t;7-;/m.1./s1. The number of carboxylic acids is 1. The summed E-state index contributed by atoms with van der Waals surface area (Å²) in [4.78, 5) is 50.4. The molecule has 5 rings (SSSR count). The number of nitrogens with two attached hydrogens (primary N) is 1. The molecule has 3 heterocycles. The van der Waals surface area contributed by atoms with Gasteiger partial charge in [0, 0.05) is 25.7 Å². The smallest absolute Gasteiger partial charge is 0.419 e. The summed E-state index contributed by atoms with van der Waals surface area (Å²) >= 11 is 0. The van der Waals surface area contributed by atoms with E-state index in [0.717, 1.165) is 21.7 Å². The number of hydrogen-bond donors (Lipinski definition) is 3. The zero-order chi connectivity index (χ0) is 29.0. The van der Waals surface area contributed by atoms with Crippen LogP contribution in [0.1, 0.15) is 62.9 Å². The van der Waals surface area contributed by atoms with Gasteiger partial charge in [0.15, 0.2) is 16.9 Å². The van der Waals surface area contributed by atoms with Crippen LogP contribution in [0.4, 0.5) is 0 Å². The zero-order valence-corrected chi connectivity index (χ0v) is 21.7. The molecule has 0 saturated heterocycles. The highest BCUT2D eigenvalue weighted by atomic mass is 16.5. The van der Waals surface area contributed by atoms with Crippen molar-refractivity contribution in [2.24, 2.45) is 12.8 Å². The monoisotopic (exact) mass is 563 g/mol. The van der Waals surface area contributed by atoms with Crippen LogP contribution in [0, 0.1) is 0 Å². The van der Waals surface area contributed by atoms with Gasteiger partial charge in [0.1, 0.15) is 5.69 Å². The van der Waals surface area contributed by atoms with E-state index in [1.165, 1.54) is 17.9 Å². The van der Waals surface area contributed by atoms with Crippen LogP contribution in [0.2, 0.25) is 0 Å². The van der Waals surface area contributed by atoms with Gasteiger partial charge in [-0.25, -0.2) is 19.4 Å². The van der Waals surface area contributed by atoms with Crippen LogP contribution < -0.4 is 16.8 Å². The highest BCUT2D eigenvalue weighted by molar-refractivity contribution is 5.96. The lowest BCUT2D eigenvalue weighted by Gasteiger charge is -2.07. The summed E-state index contributed by atoms with van der Waals surface area (Å²) in [5.74, 6) is -2.61. The van der Waals surface area contributed by atoms with E-state index in [1.54, 1.807) is 37.4 Å². The lowest BCUT2D eigenvalue weighted by Crippen LogP contribution is -2.25. The molecule has 0 aliphatic carbocycles. The molecule has 5 aromatic rings. The molecular weight excluding hydrogens is 534 g/mol. The summed E-state index contributed by atoms with van der Waals surface area (Å²) in [7, 11) is 2.95. The molecule has 0 unspecified atom stereocenters. The summed E-state index contributed by atoms with van der Waals surface area (Å²) < 4.78 is 12.0. The molecule has 0 aliphatic rings. The van der Waals surface area contributed by atoms with Gasteiger partial charge in [-0.05, 0) is 42.3 Å². The molecule has 14 heteroatoms. The highest BCUT2D eigenvalue weighted by Crippen LogP contribution is 2.15. The molecule has 1 atom stereocenters. The maximum atomic E-state index is 12.4. The number of esters is 1. The van der Waals surface area contributed by atoms with E-state index in [1.807, 2.05) is 19.1 Å². The van der Waals surface area contributed by atoms with E-state index in [-0.39, 0.29) is 43.0 Å². The average Bonchev–Trinajstić information content (AvgIpc) is 3.54. The number of aromatic carboxylic acids is 1. The molecule has 1 amide bonds. The van der Waals surface area contributed by atoms with Gasteiger partial charge in [0.05, 0.1) is 24.4 Å². The van der Waals surface area contributed by atoms with Crippen LogP contribution in [-0.2, 0) is 18.3 Å². The van der Waals surface area contributed by atoms with Crippen molar-refractivity contribution in [3.05, 3.63) is 93.4 Å². The van der Waals surface area contributed by atoms with Crippen LogP contribution >= 0.6 is 0 Å². The van der Waals surface area contributed by atoms with Gasteiger partial charge in [0.25, 0.3) is 5.91 Å². The van der Waals surface area contributed by atoms with Crippen molar-refractivity contribution >= 4 is 34.6 Å². The molecule has 3 aromatic heterocycles. The predicted octanol–water partition coefficient (Wildman–Crippen LogP) is 2.33. The summed E-state index contributed by atoms with van der Waals surface area (Å²) in [5, 5.41) is 19.2. The normalized spacial score (nSPS) is 11.2. The third-order valence-corrected chi connectivity index (χ3v) is 5.89. The third kappa shape index (κ3) is 6.62. The second kappa shape index (κ2) is 12.7. The van der Waals surface area contributed by atoms with E-state index in [2.05, 4.69) is 25.3 Å². The number of nitrogens with zero attached hydrogens (tertiary/aromatic N) is 5. The van der Waals surface area contributed by atoms with Crippen LogP contribution in [-0.4, -0.2) is 54.4 Å². The Labute approximate surface area is 233 Å². The van der Waals surface area contributed by atoms with Gasteiger partial charge in [-0.2, -0.15) is 4.52 Å². The molecule has 14 nitrogen and oxygen atoms in total. The van der Waals surface area contributed by atoms with E-state index in [4.69, 9.17) is 10.2 Å². The van der Waals surface area contributed by atoms with Gasteiger partial charge in [-0.1, -0.05) is 30.8 Å². The number of amides is 1. The van der Waals surface area contributed by atoms with Crippen molar-refractivity contribution in [2.75, 3.05) is 7.11 Å². The molecule has 41 heavy (non-hydrogen) atoms. The Morgan fingerprint density at radius 1 is 1.15 bits per heavy atom. The number of nitrogens with one attached hydrogen (secondary N) is 1. The summed E-state index contributed by atoms with van der Waals surface area (Å²) in [6.07, 6.45) is 1.26. The third-order valence-electron chi connectivity index (χ3n) is 5.89. The predicted molar refractivity (Wildman–Crippen MR) is 147 cm³/mol. The van der Waals surface area contributed by atoms with E-state index < -0.39 is 17.6 Å².